The van der Waals surface area contributed by atoms with Gasteiger partial charge in [0, 0.05) is 24.1 Å². The fraction of sp³-hybridized carbons (Fsp3) is 0.0952. The van der Waals surface area contributed by atoms with Crippen LogP contribution in [0.25, 0.3) is 5.82 Å². The lowest BCUT2D eigenvalue weighted by Gasteiger charge is -2.10. The van der Waals surface area contributed by atoms with Crippen molar-refractivity contribution in [2.75, 3.05) is 4.72 Å². The number of ether oxygens (including phenoxy) is 1. The van der Waals surface area contributed by atoms with Crippen molar-refractivity contribution in [2.45, 2.75) is 18.2 Å². The molecular weight excluding hydrogens is 402 g/mol. The van der Waals surface area contributed by atoms with Crippen LogP contribution in [0.15, 0.2) is 84.5 Å². The van der Waals surface area contributed by atoms with Crippen LogP contribution in [-0.4, -0.2) is 27.9 Å². The maximum Gasteiger partial charge on any atom is 0.261 e. The zero-order valence-electron chi connectivity index (χ0n) is 16.1. The van der Waals surface area contributed by atoms with Crippen LogP contribution < -0.4 is 9.46 Å². The first kappa shape index (κ1) is 19.6. The van der Waals surface area contributed by atoms with Gasteiger partial charge in [-0.1, -0.05) is 19.1 Å². The summed E-state index contributed by atoms with van der Waals surface area (Å²) in [5.74, 6) is 1.49. The van der Waals surface area contributed by atoms with Crippen molar-refractivity contribution in [2.24, 2.45) is 0 Å². The standard InChI is InChI=1S/C21H19N5O3S/c1-2-16-3-9-19(10-4-16)30(27,28)25-17-5-7-18(8-6-17)29-21-13-20(23-14-24-21)26-12-11-22-15-26/h3-15,25H,2H2,1H3. The molecule has 0 fully saturated rings. The highest BCUT2D eigenvalue weighted by Gasteiger charge is 2.14. The van der Waals surface area contributed by atoms with Crippen LogP contribution in [0.4, 0.5) is 5.69 Å². The third-order valence-electron chi connectivity index (χ3n) is 4.37. The second-order valence-electron chi connectivity index (χ2n) is 6.41. The molecule has 4 aromatic rings. The van der Waals surface area contributed by atoms with Gasteiger partial charge in [0.05, 0.1) is 4.90 Å². The van der Waals surface area contributed by atoms with Crippen molar-refractivity contribution in [3.63, 3.8) is 0 Å². The lowest BCUT2D eigenvalue weighted by atomic mass is 10.2. The van der Waals surface area contributed by atoms with Crippen molar-refractivity contribution < 1.29 is 13.2 Å². The first-order valence-corrected chi connectivity index (χ1v) is 10.7. The fourth-order valence-electron chi connectivity index (χ4n) is 2.75. The summed E-state index contributed by atoms with van der Waals surface area (Å²) in [6.45, 7) is 2.02. The van der Waals surface area contributed by atoms with Gasteiger partial charge in [-0.15, -0.1) is 0 Å². The highest BCUT2D eigenvalue weighted by Crippen LogP contribution is 2.24. The van der Waals surface area contributed by atoms with E-state index in [1.165, 1.54) is 6.33 Å². The largest absolute Gasteiger partial charge is 0.439 e. The molecule has 0 aliphatic carbocycles. The molecule has 2 heterocycles. The second-order valence-corrected chi connectivity index (χ2v) is 8.10. The monoisotopic (exact) mass is 421 g/mol. The van der Waals surface area contributed by atoms with Crippen molar-refractivity contribution in [1.29, 1.82) is 0 Å². The maximum absolute atomic E-state index is 12.6. The minimum Gasteiger partial charge on any atom is -0.439 e. The van der Waals surface area contributed by atoms with Crippen molar-refractivity contribution >= 4 is 15.7 Å². The van der Waals surface area contributed by atoms with Crippen LogP contribution in [0, 0.1) is 0 Å². The summed E-state index contributed by atoms with van der Waals surface area (Å²) >= 11 is 0. The molecule has 0 bridgehead atoms. The molecule has 8 nitrogen and oxygen atoms in total. The topological polar surface area (TPSA) is 99.0 Å². The van der Waals surface area contributed by atoms with E-state index in [1.54, 1.807) is 65.8 Å². The quantitative estimate of drug-likeness (QED) is 0.487. The predicted molar refractivity (Wildman–Crippen MR) is 112 cm³/mol. The van der Waals surface area contributed by atoms with Gasteiger partial charge in [-0.05, 0) is 48.4 Å². The van der Waals surface area contributed by atoms with Gasteiger partial charge in [0.2, 0.25) is 5.88 Å². The van der Waals surface area contributed by atoms with E-state index >= 15 is 0 Å². The summed E-state index contributed by atoms with van der Waals surface area (Å²) in [5.41, 5.74) is 1.51. The molecule has 2 aromatic heterocycles. The maximum atomic E-state index is 12.6. The van der Waals surface area contributed by atoms with Gasteiger partial charge >= 0.3 is 0 Å². The Morgan fingerprint density at radius 2 is 1.80 bits per heavy atom. The number of aryl methyl sites for hydroxylation is 1. The Balaban J connectivity index is 1.46. The Morgan fingerprint density at radius 1 is 1.03 bits per heavy atom. The van der Waals surface area contributed by atoms with Crippen LogP contribution in [0.1, 0.15) is 12.5 Å². The molecule has 152 valence electrons. The van der Waals surface area contributed by atoms with Crippen LogP contribution in [0.3, 0.4) is 0 Å². The molecule has 0 saturated carbocycles. The predicted octanol–water partition coefficient (Wildman–Crippen LogP) is 3.82. The molecule has 0 aliphatic heterocycles. The smallest absolute Gasteiger partial charge is 0.261 e. The average molecular weight is 421 g/mol. The van der Waals surface area contributed by atoms with Crippen molar-refractivity contribution in [3.8, 4) is 17.4 Å². The zero-order chi connectivity index (χ0) is 21.0. The minimum absolute atomic E-state index is 0.216. The molecule has 2 aromatic carbocycles. The molecular formula is C21H19N5O3S. The van der Waals surface area contributed by atoms with E-state index in [9.17, 15) is 8.42 Å². The molecule has 0 atom stereocenters. The second kappa shape index (κ2) is 8.34. The number of aromatic nitrogens is 4. The van der Waals surface area contributed by atoms with E-state index in [1.807, 2.05) is 19.1 Å². The normalized spacial score (nSPS) is 11.2. The average Bonchev–Trinajstić information content (AvgIpc) is 3.30. The SMILES string of the molecule is CCc1ccc(S(=O)(=O)Nc2ccc(Oc3cc(-n4ccnc4)ncn3)cc2)cc1. The molecule has 0 amide bonds. The van der Waals surface area contributed by atoms with Crippen LogP contribution >= 0.6 is 0 Å². The van der Waals surface area contributed by atoms with Gasteiger partial charge in [0.15, 0.2) is 0 Å². The Labute approximate surface area is 174 Å². The summed E-state index contributed by atoms with van der Waals surface area (Å²) in [4.78, 5) is 12.5. The summed E-state index contributed by atoms with van der Waals surface area (Å²) in [5, 5.41) is 0. The first-order chi connectivity index (χ1) is 14.5. The molecule has 0 saturated heterocycles. The number of sulfonamides is 1. The Morgan fingerprint density at radius 3 is 2.47 bits per heavy atom. The Bertz CT molecular complexity index is 1220. The number of anilines is 1. The molecule has 0 radical (unpaired) electrons. The van der Waals surface area contributed by atoms with E-state index in [4.69, 9.17) is 4.74 Å². The lowest BCUT2D eigenvalue weighted by molar-refractivity contribution is 0.461. The molecule has 0 aliphatic rings. The Hall–Kier alpha value is -3.72. The molecule has 0 unspecified atom stereocenters. The van der Waals surface area contributed by atoms with E-state index in [2.05, 4.69) is 19.7 Å². The van der Waals surface area contributed by atoms with Crippen LogP contribution in [0.5, 0.6) is 11.6 Å². The van der Waals surface area contributed by atoms with E-state index in [0.717, 1.165) is 12.0 Å². The summed E-state index contributed by atoms with van der Waals surface area (Å²) in [6, 6.07) is 15.1. The lowest BCUT2D eigenvalue weighted by Crippen LogP contribution is -2.12. The highest BCUT2D eigenvalue weighted by molar-refractivity contribution is 7.92. The van der Waals surface area contributed by atoms with Crippen molar-refractivity contribution in [3.05, 3.63) is 85.2 Å². The third-order valence-corrected chi connectivity index (χ3v) is 5.76. The summed E-state index contributed by atoms with van der Waals surface area (Å²) in [6.07, 6.45) is 7.30. The number of hydrogen-bond donors (Lipinski definition) is 1. The van der Waals surface area contributed by atoms with Gasteiger partial charge in [-0.25, -0.2) is 23.4 Å². The van der Waals surface area contributed by atoms with Gasteiger partial charge in [0.1, 0.15) is 24.2 Å². The number of hydrogen-bond acceptors (Lipinski definition) is 6. The van der Waals surface area contributed by atoms with E-state index in [0.29, 0.717) is 23.1 Å². The van der Waals surface area contributed by atoms with Crippen LogP contribution in [-0.2, 0) is 16.4 Å². The third kappa shape index (κ3) is 4.47. The zero-order valence-corrected chi connectivity index (χ0v) is 17.0. The molecule has 30 heavy (non-hydrogen) atoms. The first-order valence-electron chi connectivity index (χ1n) is 9.23. The Kier molecular flexibility index (Phi) is 5.44. The van der Waals surface area contributed by atoms with Gasteiger partial charge in [-0.2, -0.15) is 0 Å². The summed E-state index contributed by atoms with van der Waals surface area (Å²) < 4.78 is 35.2. The highest BCUT2D eigenvalue weighted by atomic mass is 32.2. The van der Waals surface area contributed by atoms with Gasteiger partial charge in [0.25, 0.3) is 10.0 Å². The van der Waals surface area contributed by atoms with Crippen molar-refractivity contribution in [1.82, 2.24) is 19.5 Å². The number of nitrogens with zero attached hydrogens (tertiary/aromatic N) is 4. The molecule has 1 N–H and O–H groups in total. The molecule has 4 rings (SSSR count). The van der Waals surface area contributed by atoms with Gasteiger partial charge < -0.3 is 4.74 Å². The fourth-order valence-corrected chi connectivity index (χ4v) is 3.81. The van der Waals surface area contributed by atoms with Crippen LogP contribution in [0.2, 0.25) is 0 Å². The molecule has 9 heteroatoms. The molecule has 0 spiro atoms. The van der Waals surface area contributed by atoms with E-state index in [-0.39, 0.29) is 4.90 Å². The van der Waals surface area contributed by atoms with E-state index < -0.39 is 10.0 Å². The number of nitrogens with one attached hydrogen (secondary N) is 1. The minimum atomic E-state index is -3.66. The summed E-state index contributed by atoms with van der Waals surface area (Å²) in [7, 11) is -3.66. The number of imidazole rings is 1. The number of benzene rings is 2. The number of rotatable bonds is 7. The van der Waals surface area contributed by atoms with Gasteiger partial charge in [-0.3, -0.25) is 9.29 Å².